The Balaban J connectivity index is 1.53. The molecule has 10 heteroatoms. The van der Waals surface area contributed by atoms with Gasteiger partial charge in [-0.05, 0) is 48.9 Å². The molecule has 0 atom stereocenters. The molecule has 0 aliphatic rings. The van der Waals surface area contributed by atoms with Gasteiger partial charge in [0.1, 0.15) is 5.82 Å². The molecule has 5 nitrogen and oxygen atoms in total. The van der Waals surface area contributed by atoms with Crippen LogP contribution < -0.4 is 5.32 Å². The van der Waals surface area contributed by atoms with Gasteiger partial charge in [-0.15, -0.1) is 22.0 Å². The molecular weight excluding hydrogens is 527 g/mol. The number of aromatic nitrogens is 3. The topological polar surface area (TPSA) is 59.8 Å². The summed E-state index contributed by atoms with van der Waals surface area (Å²) in [5, 5.41) is 13.5. The number of anilines is 1. The molecule has 0 saturated carbocycles. The second-order valence-electron chi connectivity index (χ2n) is 6.22. The van der Waals surface area contributed by atoms with Crippen molar-refractivity contribution in [1.29, 1.82) is 0 Å². The summed E-state index contributed by atoms with van der Waals surface area (Å²) in [4.78, 5) is 12.2. The molecule has 2 aromatic carbocycles. The van der Waals surface area contributed by atoms with Crippen molar-refractivity contribution >= 4 is 74.3 Å². The number of nitrogens with zero attached hydrogens (tertiary/aromatic N) is 3. The first kappa shape index (κ1) is 23.5. The number of rotatable bonds is 9. The summed E-state index contributed by atoms with van der Waals surface area (Å²) in [6, 6.07) is 13.0. The molecule has 1 amide bonds. The normalized spacial score (nSPS) is 10.9. The van der Waals surface area contributed by atoms with Crippen molar-refractivity contribution in [3.63, 3.8) is 0 Å². The van der Waals surface area contributed by atoms with Crippen LogP contribution in [0.2, 0.25) is 10.0 Å². The SMILES string of the molecule is CCn1c(CSCc2ccc(Cl)cc2Cl)nnc1SCC(=O)Nc1ccc(Br)cc1. The zero-order chi connectivity index (χ0) is 21.5. The highest BCUT2D eigenvalue weighted by atomic mass is 79.9. The number of hydrogen-bond acceptors (Lipinski definition) is 5. The van der Waals surface area contributed by atoms with Crippen LogP contribution in [0.4, 0.5) is 5.69 Å². The van der Waals surface area contributed by atoms with Gasteiger partial charge < -0.3 is 9.88 Å². The van der Waals surface area contributed by atoms with Crippen molar-refractivity contribution in [1.82, 2.24) is 14.8 Å². The van der Waals surface area contributed by atoms with E-state index < -0.39 is 0 Å². The number of thioether (sulfide) groups is 2. The fourth-order valence-electron chi connectivity index (χ4n) is 2.60. The van der Waals surface area contributed by atoms with Crippen LogP contribution in [0, 0.1) is 0 Å². The van der Waals surface area contributed by atoms with Crippen LogP contribution in [-0.4, -0.2) is 26.4 Å². The van der Waals surface area contributed by atoms with Crippen LogP contribution in [0.15, 0.2) is 52.1 Å². The molecule has 1 aromatic heterocycles. The molecule has 0 bridgehead atoms. The summed E-state index contributed by atoms with van der Waals surface area (Å²) in [6.07, 6.45) is 0. The Hall–Kier alpha value is -1.19. The number of amides is 1. The molecule has 158 valence electrons. The van der Waals surface area contributed by atoms with Crippen molar-refractivity contribution in [3.8, 4) is 0 Å². The Morgan fingerprint density at radius 3 is 2.60 bits per heavy atom. The van der Waals surface area contributed by atoms with E-state index in [1.165, 1.54) is 11.8 Å². The molecule has 1 heterocycles. The number of halogens is 3. The van der Waals surface area contributed by atoms with Crippen LogP contribution in [0.5, 0.6) is 0 Å². The Morgan fingerprint density at radius 1 is 1.13 bits per heavy atom. The highest BCUT2D eigenvalue weighted by Crippen LogP contribution is 2.27. The molecule has 1 N–H and O–H groups in total. The van der Waals surface area contributed by atoms with Gasteiger partial charge in [-0.2, -0.15) is 0 Å². The van der Waals surface area contributed by atoms with Crippen LogP contribution in [-0.2, 0) is 22.8 Å². The lowest BCUT2D eigenvalue weighted by molar-refractivity contribution is -0.113. The highest BCUT2D eigenvalue weighted by Gasteiger charge is 2.14. The summed E-state index contributed by atoms with van der Waals surface area (Å²) in [5.41, 5.74) is 1.80. The Bertz CT molecular complexity index is 1010. The van der Waals surface area contributed by atoms with Crippen LogP contribution in [0.25, 0.3) is 0 Å². The Labute approximate surface area is 202 Å². The smallest absolute Gasteiger partial charge is 0.234 e. The van der Waals surface area contributed by atoms with Crippen molar-refractivity contribution in [2.75, 3.05) is 11.1 Å². The van der Waals surface area contributed by atoms with Crippen LogP contribution in [0.1, 0.15) is 18.3 Å². The zero-order valence-electron chi connectivity index (χ0n) is 16.1. The van der Waals surface area contributed by atoms with E-state index in [4.69, 9.17) is 23.2 Å². The average Bonchev–Trinajstić information content (AvgIpc) is 3.11. The monoisotopic (exact) mass is 544 g/mol. The number of nitrogens with one attached hydrogen (secondary N) is 1. The van der Waals surface area contributed by atoms with Gasteiger partial charge in [-0.1, -0.05) is 57.0 Å². The largest absolute Gasteiger partial charge is 0.325 e. The highest BCUT2D eigenvalue weighted by molar-refractivity contribution is 9.10. The molecule has 0 spiro atoms. The molecule has 30 heavy (non-hydrogen) atoms. The Kier molecular flexibility index (Phi) is 8.95. The standard InChI is InChI=1S/C20H19BrCl2N4OS2/c1-2-27-18(11-29-10-13-3-6-15(22)9-17(13)23)25-26-20(27)30-12-19(28)24-16-7-4-14(21)5-8-16/h3-9H,2,10-12H2,1H3,(H,24,28). The Morgan fingerprint density at radius 2 is 1.90 bits per heavy atom. The lowest BCUT2D eigenvalue weighted by Crippen LogP contribution is -2.14. The predicted molar refractivity (Wildman–Crippen MR) is 131 cm³/mol. The van der Waals surface area contributed by atoms with E-state index >= 15 is 0 Å². The fourth-order valence-corrected chi connectivity index (χ4v) is 5.21. The molecule has 0 unspecified atom stereocenters. The maximum Gasteiger partial charge on any atom is 0.234 e. The van der Waals surface area contributed by atoms with E-state index in [0.717, 1.165) is 39.0 Å². The van der Waals surface area contributed by atoms with Crippen molar-refractivity contribution < 1.29 is 4.79 Å². The van der Waals surface area contributed by atoms with Crippen molar-refractivity contribution in [2.24, 2.45) is 0 Å². The first-order valence-corrected chi connectivity index (χ1v) is 12.8. The summed E-state index contributed by atoms with van der Waals surface area (Å²) in [6.45, 7) is 2.78. The van der Waals surface area contributed by atoms with Crippen LogP contribution in [0.3, 0.4) is 0 Å². The first-order valence-electron chi connectivity index (χ1n) is 9.08. The van der Waals surface area contributed by atoms with Crippen LogP contribution >= 0.6 is 62.7 Å². The minimum absolute atomic E-state index is 0.0821. The maximum absolute atomic E-state index is 12.2. The number of benzene rings is 2. The average molecular weight is 546 g/mol. The van der Waals surface area contributed by atoms with Gasteiger partial charge in [0.25, 0.3) is 0 Å². The predicted octanol–water partition coefficient (Wildman–Crippen LogP) is 6.53. The van der Waals surface area contributed by atoms with Crippen molar-refractivity contribution in [3.05, 3.63) is 68.4 Å². The lowest BCUT2D eigenvalue weighted by Gasteiger charge is -2.08. The third kappa shape index (κ3) is 6.65. The molecule has 0 radical (unpaired) electrons. The minimum atomic E-state index is -0.0821. The molecule has 3 rings (SSSR count). The molecule has 0 aliphatic carbocycles. The third-order valence-corrected chi connectivity index (χ3v) is 7.13. The zero-order valence-corrected chi connectivity index (χ0v) is 20.8. The minimum Gasteiger partial charge on any atom is -0.325 e. The van der Waals surface area contributed by atoms with Gasteiger partial charge in [0.15, 0.2) is 5.16 Å². The van der Waals surface area contributed by atoms with E-state index in [1.54, 1.807) is 17.8 Å². The summed E-state index contributed by atoms with van der Waals surface area (Å²) in [7, 11) is 0. The van der Waals surface area contributed by atoms with Gasteiger partial charge in [-0.3, -0.25) is 4.79 Å². The second-order valence-corrected chi connectivity index (χ2v) is 9.90. The van der Waals surface area contributed by atoms with Crippen molar-refractivity contribution in [2.45, 2.75) is 30.1 Å². The molecule has 0 aliphatic heterocycles. The van der Waals surface area contributed by atoms with E-state index in [1.807, 2.05) is 47.9 Å². The van der Waals surface area contributed by atoms with E-state index in [2.05, 4.69) is 31.4 Å². The van der Waals surface area contributed by atoms with E-state index in [-0.39, 0.29) is 11.7 Å². The van der Waals surface area contributed by atoms with E-state index in [9.17, 15) is 4.79 Å². The molecular formula is C20H19BrCl2N4OS2. The lowest BCUT2D eigenvalue weighted by atomic mass is 10.2. The number of carbonyl (C=O) groups excluding carboxylic acids is 1. The first-order chi connectivity index (χ1) is 14.5. The van der Waals surface area contributed by atoms with Gasteiger partial charge >= 0.3 is 0 Å². The van der Waals surface area contributed by atoms with Gasteiger partial charge in [0.05, 0.1) is 11.5 Å². The van der Waals surface area contributed by atoms with Gasteiger partial charge in [0, 0.05) is 32.5 Å². The number of hydrogen-bond donors (Lipinski definition) is 1. The fraction of sp³-hybridized carbons (Fsp3) is 0.250. The quantitative estimate of drug-likeness (QED) is 0.310. The number of carbonyl (C=O) groups is 1. The van der Waals surface area contributed by atoms with Gasteiger partial charge in [-0.25, -0.2) is 0 Å². The van der Waals surface area contributed by atoms with Gasteiger partial charge in [0.2, 0.25) is 5.91 Å². The summed E-state index contributed by atoms with van der Waals surface area (Å²) < 4.78 is 3.00. The maximum atomic E-state index is 12.2. The van der Waals surface area contributed by atoms with E-state index in [0.29, 0.717) is 15.8 Å². The molecule has 0 fully saturated rings. The third-order valence-electron chi connectivity index (χ3n) is 4.07. The summed E-state index contributed by atoms with van der Waals surface area (Å²) in [5.74, 6) is 2.52. The molecule has 3 aromatic rings. The second kappa shape index (κ2) is 11.4. The molecule has 0 saturated heterocycles. The summed E-state index contributed by atoms with van der Waals surface area (Å²) >= 11 is 18.6.